The predicted octanol–water partition coefficient (Wildman–Crippen LogP) is 0.972. The SMILES string of the molecule is Cn1c(Cc2nc3cc(C(=N)N)ccc3[nH]2)nc2cc(S(N)(=O)=O)ccc21. The number of benzene rings is 2. The largest absolute Gasteiger partial charge is 0.384 e. The van der Waals surface area contributed by atoms with Gasteiger partial charge in [-0.05, 0) is 36.4 Å². The van der Waals surface area contributed by atoms with E-state index in [2.05, 4.69) is 15.0 Å². The number of hydrogen-bond donors (Lipinski definition) is 4. The predicted molar refractivity (Wildman–Crippen MR) is 102 cm³/mol. The number of aromatic amines is 1. The molecule has 138 valence electrons. The Morgan fingerprint density at radius 3 is 2.67 bits per heavy atom. The van der Waals surface area contributed by atoms with E-state index in [1.165, 1.54) is 12.1 Å². The van der Waals surface area contributed by atoms with Crippen molar-refractivity contribution in [3.05, 3.63) is 53.6 Å². The minimum atomic E-state index is -3.78. The van der Waals surface area contributed by atoms with Gasteiger partial charge in [0.15, 0.2) is 0 Å². The van der Waals surface area contributed by atoms with Gasteiger partial charge in [0.2, 0.25) is 10.0 Å². The van der Waals surface area contributed by atoms with Crippen LogP contribution in [0, 0.1) is 5.41 Å². The van der Waals surface area contributed by atoms with E-state index < -0.39 is 10.0 Å². The fraction of sp³-hybridized carbons (Fsp3) is 0.118. The van der Waals surface area contributed by atoms with Crippen molar-refractivity contribution in [2.75, 3.05) is 0 Å². The maximum Gasteiger partial charge on any atom is 0.238 e. The number of rotatable bonds is 4. The van der Waals surface area contributed by atoms with E-state index >= 15 is 0 Å². The zero-order valence-corrected chi connectivity index (χ0v) is 15.2. The van der Waals surface area contributed by atoms with Crippen molar-refractivity contribution in [1.29, 1.82) is 5.41 Å². The van der Waals surface area contributed by atoms with Gasteiger partial charge >= 0.3 is 0 Å². The second-order valence-corrected chi connectivity index (χ2v) is 7.85. The molecule has 0 saturated carbocycles. The highest BCUT2D eigenvalue weighted by Gasteiger charge is 2.15. The van der Waals surface area contributed by atoms with Gasteiger partial charge in [-0.25, -0.2) is 23.5 Å². The zero-order valence-electron chi connectivity index (χ0n) is 14.4. The van der Waals surface area contributed by atoms with Crippen molar-refractivity contribution >= 4 is 37.9 Å². The van der Waals surface area contributed by atoms with E-state index in [4.69, 9.17) is 16.3 Å². The number of primary sulfonamides is 1. The van der Waals surface area contributed by atoms with Crippen molar-refractivity contribution in [3.8, 4) is 0 Å². The van der Waals surface area contributed by atoms with Gasteiger partial charge in [0.25, 0.3) is 0 Å². The van der Waals surface area contributed by atoms with Gasteiger partial charge in [-0.15, -0.1) is 0 Å². The fourth-order valence-corrected chi connectivity index (χ4v) is 3.56. The number of aryl methyl sites for hydroxylation is 1. The first-order chi connectivity index (χ1) is 12.7. The molecule has 0 unspecified atom stereocenters. The van der Waals surface area contributed by atoms with Crippen molar-refractivity contribution in [2.45, 2.75) is 11.3 Å². The summed E-state index contributed by atoms with van der Waals surface area (Å²) >= 11 is 0. The Hall–Kier alpha value is -3.24. The molecular formula is C17H17N7O2S. The second kappa shape index (κ2) is 5.89. The molecular weight excluding hydrogens is 366 g/mol. The normalized spacial score (nSPS) is 12.1. The lowest BCUT2D eigenvalue weighted by molar-refractivity contribution is 0.598. The summed E-state index contributed by atoms with van der Waals surface area (Å²) in [5.41, 5.74) is 9.03. The van der Waals surface area contributed by atoms with Crippen LogP contribution in [0.1, 0.15) is 17.2 Å². The Labute approximate surface area is 154 Å². The summed E-state index contributed by atoms with van der Waals surface area (Å²) in [4.78, 5) is 12.3. The quantitative estimate of drug-likeness (QED) is 0.305. The van der Waals surface area contributed by atoms with Crippen LogP contribution in [0.4, 0.5) is 0 Å². The van der Waals surface area contributed by atoms with Crippen LogP contribution in [-0.4, -0.2) is 33.8 Å². The molecule has 0 radical (unpaired) electrons. The third kappa shape index (κ3) is 3.04. The lowest BCUT2D eigenvalue weighted by Gasteiger charge is -2.00. The average molecular weight is 383 g/mol. The van der Waals surface area contributed by atoms with Crippen LogP contribution in [0.15, 0.2) is 41.3 Å². The van der Waals surface area contributed by atoms with Gasteiger partial charge in [-0.1, -0.05) is 0 Å². The topological polar surface area (TPSA) is 157 Å². The van der Waals surface area contributed by atoms with Crippen LogP contribution >= 0.6 is 0 Å². The maximum absolute atomic E-state index is 11.5. The number of nitrogens with zero attached hydrogens (tertiary/aromatic N) is 3. The van der Waals surface area contributed by atoms with Crippen LogP contribution in [0.25, 0.3) is 22.1 Å². The molecule has 0 fully saturated rings. The maximum atomic E-state index is 11.5. The van der Waals surface area contributed by atoms with E-state index in [9.17, 15) is 8.42 Å². The highest BCUT2D eigenvalue weighted by molar-refractivity contribution is 7.89. The highest BCUT2D eigenvalue weighted by Crippen LogP contribution is 2.21. The molecule has 0 atom stereocenters. The first-order valence-electron chi connectivity index (χ1n) is 8.03. The summed E-state index contributed by atoms with van der Waals surface area (Å²) in [6, 6.07) is 9.96. The van der Waals surface area contributed by atoms with E-state index in [-0.39, 0.29) is 10.7 Å². The Morgan fingerprint density at radius 2 is 1.96 bits per heavy atom. The number of nitrogen functional groups attached to an aromatic ring is 1. The van der Waals surface area contributed by atoms with Crippen molar-refractivity contribution in [3.63, 3.8) is 0 Å². The lowest BCUT2D eigenvalue weighted by atomic mass is 10.2. The summed E-state index contributed by atoms with van der Waals surface area (Å²) in [5, 5.41) is 12.7. The standard InChI is InChI=1S/C17H17N7O2S/c1-24-14-5-3-10(27(20,25)26)7-13(14)23-16(24)8-15-21-11-4-2-9(17(18)19)6-12(11)22-15/h2-7H,8H2,1H3,(H3,18,19)(H,21,22)(H2,20,25,26). The molecule has 10 heteroatoms. The highest BCUT2D eigenvalue weighted by atomic mass is 32.2. The van der Waals surface area contributed by atoms with Crippen LogP contribution < -0.4 is 10.9 Å². The van der Waals surface area contributed by atoms with Crippen molar-refractivity contribution in [2.24, 2.45) is 17.9 Å². The van der Waals surface area contributed by atoms with Gasteiger partial charge in [-0.2, -0.15) is 0 Å². The van der Waals surface area contributed by atoms with Gasteiger partial charge in [0, 0.05) is 12.6 Å². The molecule has 2 aromatic carbocycles. The third-order valence-electron chi connectivity index (χ3n) is 4.44. The Kier molecular flexibility index (Phi) is 3.75. The van der Waals surface area contributed by atoms with Gasteiger partial charge in [0.05, 0.1) is 33.4 Å². The molecule has 4 rings (SSSR count). The molecule has 0 bridgehead atoms. The minimum Gasteiger partial charge on any atom is -0.384 e. The van der Waals surface area contributed by atoms with Crippen molar-refractivity contribution in [1.82, 2.24) is 19.5 Å². The molecule has 2 heterocycles. The van der Waals surface area contributed by atoms with Gasteiger partial charge in [-0.3, -0.25) is 5.41 Å². The molecule has 9 nitrogen and oxygen atoms in total. The number of fused-ring (bicyclic) bond motifs is 2. The molecule has 0 aliphatic rings. The lowest BCUT2D eigenvalue weighted by Crippen LogP contribution is -2.11. The summed E-state index contributed by atoms with van der Waals surface area (Å²) in [7, 11) is -1.92. The number of aromatic nitrogens is 4. The molecule has 0 saturated heterocycles. The molecule has 0 amide bonds. The van der Waals surface area contributed by atoms with E-state index in [1.807, 2.05) is 17.7 Å². The smallest absolute Gasteiger partial charge is 0.238 e. The number of amidine groups is 1. The Morgan fingerprint density at radius 1 is 1.19 bits per heavy atom. The van der Waals surface area contributed by atoms with Crippen LogP contribution in [0.3, 0.4) is 0 Å². The number of imidazole rings is 2. The van der Waals surface area contributed by atoms with E-state index in [0.717, 1.165) is 16.9 Å². The van der Waals surface area contributed by atoms with Crippen LogP contribution in [-0.2, 0) is 23.5 Å². The second-order valence-electron chi connectivity index (χ2n) is 6.29. The van der Waals surface area contributed by atoms with Gasteiger partial charge in [0.1, 0.15) is 17.5 Å². The first kappa shape index (κ1) is 17.2. The van der Waals surface area contributed by atoms with Crippen LogP contribution in [0.2, 0.25) is 0 Å². The number of hydrogen-bond acceptors (Lipinski definition) is 5. The average Bonchev–Trinajstić information content (AvgIpc) is 3.14. The Bertz CT molecular complexity index is 1320. The molecule has 6 N–H and O–H groups in total. The summed E-state index contributed by atoms with van der Waals surface area (Å²) in [5.74, 6) is 1.42. The molecule has 0 aliphatic carbocycles. The number of H-pyrrole nitrogens is 1. The van der Waals surface area contributed by atoms with E-state index in [1.54, 1.807) is 18.2 Å². The number of nitrogens with two attached hydrogens (primary N) is 2. The Balaban J connectivity index is 1.73. The third-order valence-corrected chi connectivity index (χ3v) is 5.35. The molecule has 27 heavy (non-hydrogen) atoms. The monoisotopic (exact) mass is 383 g/mol. The molecule has 0 spiro atoms. The van der Waals surface area contributed by atoms with E-state index in [0.29, 0.717) is 28.8 Å². The molecule has 0 aliphatic heterocycles. The molecule has 4 aromatic rings. The van der Waals surface area contributed by atoms with Crippen LogP contribution in [0.5, 0.6) is 0 Å². The summed E-state index contributed by atoms with van der Waals surface area (Å²) in [6.45, 7) is 0. The molecule has 2 aromatic heterocycles. The summed E-state index contributed by atoms with van der Waals surface area (Å²) in [6.07, 6.45) is 0.431. The van der Waals surface area contributed by atoms with Gasteiger partial charge < -0.3 is 15.3 Å². The summed E-state index contributed by atoms with van der Waals surface area (Å²) < 4.78 is 25.0. The number of sulfonamides is 1. The fourth-order valence-electron chi connectivity index (χ4n) is 3.02. The number of nitrogens with one attached hydrogen (secondary N) is 2. The zero-order chi connectivity index (χ0) is 19.3. The first-order valence-corrected chi connectivity index (χ1v) is 9.58. The minimum absolute atomic E-state index is 0.0116. The van der Waals surface area contributed by atoms with Crippen molar-refractivity contribution < 1.29 is 8.42 Å².